The molecule has 3 aliphatic rings. The van der Waals surface area contributed by atoms with Crippen LogP contribution in [0.2, 0.25) is 0 Å². The standard InChI is InChI=1S/C20H23N3O3/c24-18(25)14-8-13(9-14)17-22-19(23-26-17)20(6-7-20)11-21-16-10-15(16)12-4-2-1-3-5-12/h1-5,13-16,21H,6-11H2,(H,24,25)/t13-,14-,15-,16+/m0/s1. The van der Waals surface area contributed by atoms with Gasteiger partial charge < -0.3 is 14.9 Å². The molecule has 1 aromatic heterocycles. The summed E-state index contributed by atoms with van der Waals surface area (Å²) < 4.78 is 5.45. The van der Waals surface area contributed by atoms with E-state index >= 15 is 0 Å². The minimum absolute atomic E-state index is 0.0154. The molecule has 2 aromatic rings. The summed E-state index contributed by atoms with van der Waals surface area (Å²) in [7, 11) is 0. The Hall–Kier alpha value is -2.21. The van der Waals surface area contributed by atoms with Crippen molar-refractivity contribution < 1.29 is 14.4 Å². The number of hydrogen-bond donors (Lipinski definition) is 2. The van der Waals surface area contributed by atoms with Gasteiger partial charge in [-0.1, -0.05) is 35.5 Å². The van der Waals surface area contributed by atoms with Gasteiger partial charge in [-0.3, -0.25) is 4.79 Å². The van der Waals surface area contributed by atoms with Crippen molar-refractivity contribution in [3.63, 3.8) is 0 Å². The third-order valence-corrected chi connectivity index (χ3v) is 6.33. The fourth-order valence-electron chi connectivity index (χ4n) is 4.08. The van der Waals surface area contributed by atoms with Gasteiger partial charge in [0.2, 0.25) is 5.89 Å². The summed E-state index contributed by atoms with van der Waals surface area (Å²) in [6.07, 6.45) is 4.59. The SMILES string of the molecule is O=C(O)[C@H]1C[C@H](c2nc(C3(CN[C@@H]4C[C@H]4c4ccccc4)CC3)no2)C1. The van der Waals surface area contributed by atoms with E-state index in [0.717, 1.165) is 25.2 Å². The van der Waals surface area contributed by atoms with Gasteiger partial charge in [-0.25, -0.2) is 0 Å². The molecular formula is C20H23N3O3. The summed E-state index contributed by atoms with van der Waals surface area (Å²) in [5.74, 6) is 1.19. The van der Waals surface area contributed by atoms with E-state index in [4.69, 9.17) is 9.63 Å². The third-order valence-electron chi connectivity index (χ3n) is 6.33. The lowest BCUT2D eigenvalue weighted by Crippen LogP contribution is -2.30. The highest BCUT2D eigenvalue weighted by molar-refractivity contribution is 5.71. The molecule has 6 heteroatoms. The summed E-state index contributed by atoms with van der Waals surface area (Å²) >= 11 is 0. The molecule has 0 amide bonds. The fraction of sp³-hybridized carbons (Fsp3) is 0.550. The average Bonchev–Trinajstić information content (AvgIpc) is 3.50. The van der Waals surface area contributed by atoms with E-state index in [0.29, 0.717) is 30.7 Å². The molecule has 0 spiro atoms. The number of carboxylic acids is 1. The second-order valence-electron chi connectivity index (χ2n) is 8.18. The van der Waals surface area contributed by atoms with Gasteiger partial charge >= 0.3 is 5.97 Å². The van der Waals surface area contributed by atoms with Gasteiger partial charge in [0.1, 0.15) is 0 Å². The highest BCUT2D eigenvalue weighted by atomic mass is 16.5. The van der Waals surface area contributed by atoms with E-state index in [1.54, 1.807) is 0 Å². The molecule has 2 N–H and O–H groups in total. The minimum Gasteiger partial charge on any atom is -0.481 e. The van der Waals surface area contributed by atoms with Gasteiger partial charge in [0.25, 0.3) is 0 Å². The predicted octanol–water partition coefficient (Wildman–Crippen LogP) is 2.83. The normalized spacial score (nSPS) is 31.2. The molecule has 1 heterocycles. The maximum Gasteiger partial charge on any atom is 0.306 e. The topological polar surface area (TPSA) is 88.2 Å². The fourth-order valence-corrected chi connectivity index (χ4v) is 4.08. The maximum atomic E-state index is 10.9. The number of aliphatic carboxylic acids is 1. The van der Waals surface area contributed by atoms with E-state index < -0.39 is 5.97 Å². The zero-order valence-electron chi connectivity index (χ0n) is 14.6. The van der Waals surface area contributed by atoms with Crippen molar-refractivity contribution in [2.45, 2.75) is 55.4 Å². The molecule has 0 saturated heterocycles. The van der Waals surface area contributed by atoms with Crippen LogP contribution in [0.25, 0.3) is 0 Å². The molecule has 0 unspecified atom stereocenters. The van der Waals surface area contributed by atoms with Crippen molar-refractivity contribution in [3.8, 4) is 0 Å². The lowest BCUT2D eigenvalue weighted by atomic mass is 9.75. The summed E-state index contributed by atoms with van der Waals surface area (Å²) in [6.45, 7) is 0.891. The molecular weight excluding hydrogens is 330 g/mol. The Morgan fingerprint density at radius 3 is 2.69 bits per heavy atom. The van der Waals surface area contributed by atoms with Gasteiger partial charge in [0, 0.05) is 29.8 Å². The van der Waals surface area contributed by atoms with Crippen LogP contribution in [0.3, 0.4) is 0 Å². The molecule has 2 atom stereocenters. The molecule has 3 saturated carbocycles. The van der Waals surface area contributed by atoms with Crippen molar-refractivity contribution in [1.82, 2.24) is 15.5 Å². The number of hydrogen-bond acceptors (Lipinski definition) is 5. The Kier molecular flexibility index (Phi) is 3.64. The van der Waals surface area contributed by atoms with Gasteiger partial charge in [0.05, 0.1) is 5.92 Å². The summed E-state index contributed by atoms with van der Waals surface area (Å²) in [5, 5.41) is 16.9. The number of carbonyl (C=O) groups is 1. The first-order chi connectivity index (χ1) is 12.6. The first kappa shape index (κ1) is 16.0. The van der Waals surface area contributed by atoms with E-state index in [-0.39, 0.29) is 17.3 Å². The number of aromatic nitrogens is 2. The molecule has 3 aliphatic carbocycles. The summed E-state index contributed by atoms with van der Waals surface area (Å²) in [5.41, 5.74) is 1.43. The van der Waals surface area contributed by atoms with Crippen LogP contribution in [-0.2, 0) is 10.2 Å². The van der Waals surface area contributed by atoms with Gasteiger partial charge in [-0.15, -0.1) is 0 Å². The first-order valence-corrected chi connectivity index (χ1v) is 9.50. The van der Waals surface area contributed by atoms with E-state index in [2.05, 4.69) is 45.8 Å². The number of nitrogens with zero attached hydrogens (tertiary/aromatic N) is 2. The van der Waals surface area contributed by atoms with E-state index in [9.17, 15) is 4.79 Å². The van der Waals surface area contributed by atoms with Crippen LogP contribution in [0.1, 0.15) is 61.2 Å². The molecule has 0 aliphatic heterocycles. The number of benzene rings is 1. The number of nitrogens with one attached hydrogen (secondary N) is 1. The lowest BCUT2D eigenvalue weighted by molar-refractivity contribution is -0.145. The first-order valence-electron chi connectivity index (χ1n) is 9.50. The monoisotopic (exact) mass is 353 g/mol. The molecule has 3 fully saturated rings. The largest absolute Gasteiger partial charge is 0.481 e. The Bertz CT molecular complexity index is 809. The van der Waals surface area contributed by atoms with Crippen LogP contribution in [-0.4, -0.2) is 33.8 Å². The summed E-state index contributed by atoms with van der Waals surface area (Å²) in [4.78, 5) is 15.6. The highest BCUT2D eigenvalue weighted by Crippen LogP contribution is 2.49. The lowest BCUT2D eigenvalue weighted by Gasteiger charge is -2.28. The van der Waals surface area contributed by atoms with Crippen LogP contribution in [0.15, 0.2) is 34.9 Å². The average molecular weight is 353 g/mol. The smallest absolute Gasteiger partial charge is 0.306 e. The Morgan fingerprint density at radius 2 is 2.00 bits per heavy atom. The van der Waals surface area contributed by atoms with Crippen LogP contribution in [0.5, 0.6) is 0 Å². The third kappa shape index (κ3) is 2.82. The molecule has 0 bridgehead atoms. The number of rotatable bonds is 7. The molecule has 1 aromatic carbocycles. The summed E-state index contributed by atoms with van der Waals surface area (Å²) in [6, 6.07) is 11.2. The van der Waals surface area contributed by atoms with Crippen molar-refractivity contribution >= 4 is 5.97 Å². The second kappa shape index (κ2) is 5.91. The Balaban J connectivity index is 1.17. The minimum atomic E-state index is -0.721. The van der Waals surface area contributed by atoms with E-state index in [1.807, 2.05) is 0 Å². The highest BCUT2D eigenvalue weighted by Gasteiger charge is 2.51. The van der Waals surface area contributed by atoms with Gasteiger partial charge in [0.15, 0.2) is 5.82 Å². The zero-order valence-corrected chi connectivity index (χ0v) is 14.6. The maximum absolute atomic E-state index is 10.9. The Morgan fingerprint density at radius 1 is 1.23 bits per heavy atom. The quantitative estimate of drug-likeness (QED) is 0.796. The van der Waals surface area contributed by atoms with E-state index in [1.165, 1.54) is 12.0 Å². The predicted molar refractivity (Wildman–Crippen MR) is 93.9 cm³/mol. The molecule has 136 valence electrons. The molecule has 26 heavy (non-hydrogen) atoms. The van der Waals surface area contributed by atoms with Crippen molar-refractivity contribution in [2.24, 2.45) is 5.92 Å². The van der Waals surface area contributed by atoms with Crippen molar-refractivity contribution in [3.05, 3.63) is 47.6 Å². The van der Waals surface area contributed by atoms with Crippen molar-refractivity contribution in [2.75, 3.05) is 6.54 Å². The van der Waals surface area contributed by atoms with Crippen LogP contribution in [0.4, 0.5) is 0 Å². The van der Waals surface area contributed by atoms with Crippen LogP contribution >= 0.6 is 0 Å². The molecule has 0 radical (unpaired) electrons. The zero-order chi connectivity index (χ0) is 17.7. The second-order valence-corrected chi connectivity index (χ2v) is 8.18. The van der Waals surface area contributed by atoms with Crippen LogP contribution in [0, 0.1) is 5.92 Å². The number of carboxylic acid groups (broad SMARTS) is 1. The van der Waals surface area contributed by atoms with Gasteiger partial charge in [-0.05, 0) is 37.7 Å². The van der Waals surface area contributed by atoms with Crippen LogP contribution < -0.4 is 5.32 Å². The van der Waals surface area contributed by atoms with Crippen molar-refractivity contribution in [1.29, 1.82) is 0 Å². The molecule has 6 nitrogen and oxygen atoms in total. The molecule has 5 rings (SSSR count). The van der Waals surface area contributed by atoms with Gasteiger partial charge in [-0.2, -0.15) is 4.98 Å². The Labute approximate surface area is 152 Å².